The molecule has 1 amide bonds. The number of amides is 1. The Morgan fingerprint density at radius 2 is 1.88 bits per heavy atom. The lowest BCUT2D eigenvalue weighted by atomic mass is 9.97. The van der Waals surface area contributed by atoms with E-state index in [2.05, 4.69) is 10.6 Å². The Labute approximate surface area is 151 Å². The van der Waals surface area contributed by atoms with Crippen LogP contribution < -0.4 is 10.6 Å². The Bertz CT molecular complexity index is 901. The number of halogens is 2. The van der Waals surface area contributed by atoms with E-state index in [1.165, 1.54) is 18.2 Å². The minimum atomic E-state index is -3.49. The van der Waals surface area contributed by atoms with E-state index in [9.17, 15) is 22.0 Å². The summed E-state index contributed by atoms with van der Waals surface area (Å²) in [4.78, 5) is 12.2. The summed E-state index contributed by atoms with van der Waals surface area (Å²) in [5.74, 6) is -1.73. The van der Waals surface area contributed by atoms with Gasteiger partial charge in [-0.3, -0.25) is 4.79 Å². The maximum Gasteiger partial charge on any atom is 0.222 e. The summed E-state index contributed by atoms with van der Waals surface area (Å²) in [6, 6.07) is 7.73. The molecule has 2 aromatic carbocycles. The van der Waals surface area contributed by atoms with Crippen molar-refractivity contribution in [2.75, 3.05) is 19.8 Å². The highest BCUT2D eigenvalue weighted by Crippen LogP contribution is 2.27. The third-order valence-corrected chi connectivity index (χ3v) is 4.91. The zero-order valence-electron chi connectivity index (χ0n) is 14.4. The molecule has 0 heterocycles. The molecule has 0 aliphatic carbocycles. The van der Waals surface area contributed by atoms with Crippen molar-refractivity contribution < 1.29 is 22.0 Å². The number of hydrogen-bond acceptors (Lipinski definition) is 4. The topological polar surface area (TPSA) is 75.3 Å². The first-order valence-electron chi connectivity index (χ1n) is 7.91. The van der Waals surface area contributed by atoms with Gasteiger partial charge in [0, 0.05) is 24.8 Å². The van der Waals surface area contributed by atoms with E-state index in [4.69, 9.17) is 0 Å². The number of carbonyl (C=O) groups is 1. The van der Waals surface area contributed by atoms with Crippen molar-refractivity contribution in [1.29, 1.82) is 0 Å². The summed E-state index contributed by atoms with van der Waals surface area (Å²) in [5, 5.41) is 5.48. The van der Waals surface area contributed by atoms with Crippen LogP contribution in [0.5, 0.6) is 0 Å². The van der Waals surface area contributed by atoms with Crippen molar-refractivity contribution in [2.45, 2.75) is 17.4 Å². The highest BCUT2D eigenvalue weighted by atomic mass is 32.2. The molecule has 0 aromatic heterocycles. The van der Waals surface area contributed by atoms with E-state index in [0.717, 1.165) is 24.5 Å². The smallest absolute Gasteiger partial charge is 0.222 e. The van der Waals surface area contributed by atoms with Gasteiger partial charge in [0.25, 0.3) is 0 Å². The molecule has 1 unspecified atom stereocenters. The largest absolute Gasteiger partial charge is 0.345 e. The molecule has 1 atom stereocenters. The Balaban J connectivity index is 2.50. The molecule has 0 saturated carbocycles. The molecule has 0 aliphatic heterocycles. The van der Waals surface area contributed by atoms with Gasteiger partial charge in [-0.15, -0.1) is 0 Å². The molecule has 2 aromatic rings. The molecule has 26 heavy (non-hydrogen) atoms. The molecular formula is C18H20F2N2O3S. The van der Waals surface area contributed by atoms with Crippen molar-refractivity contribution >= 4 is 15.7 Å². The Hall–Kier alpha value is -2.32. The summed E-state index contributed by atoms with van der Waals surface area (Å²) >= 11 is 0. The van der Waals surface area contributed by atoms with Crippen molar-refractivity contribution in [1.82, 2.24) is 10.6 Å². The number of sulfone groups is 1. The van der Waals surface area contributed by atoms with Gasteiger partial charge >= 0.3 is 0 Å². The number of carbonyl (C=O) groups excluding carboxylic acids is 1. The van der Waals surface area contributed by atoms with E-state index in [1.54, 1.807) is 13.1 Å². The van der Waals surface area contributed by atoms with Gasteiger partial charge in [-0.1, -0.05) is 12.1 Å². The highest BCUT2D eigenvalue weighted by molar-refractivity contribution is 7.90. The van der Waals surface area contributed by atoms with Crippen molar-refractivity contribution in [3.63, 3.8) is 0 Å². The third kappa shape index (κ3) is 5.09. The zero-order valence-corrected chi connectivity index (χ0v) is 15.2. The van der Waals surface area contributed by atoms with Gasteiger partial charge < -0.3 is 10.6 Å². The Morgan fingerprint density at radius 1 is 1.15 bits per heavy atom. The first kappa shape index (κ1) is 20.0. The van der Waals surface area contributed by atoms with E-state index in [0.29, 0.717) is 12.1 Å². The van der Waals surface area contributed by atoms with Crippen LogP contribution in [0.1, 0.15) is 23.6 Å². The molecule has 0 spiro atoms. The van der Waals surface area contributed by atoms with Crippen molar-refractivity contribution in [2.24, 2.45) is 0 Å². The maximum atomic E-state index is 14.3. The number of rotatable bonds is 7. The average Bonchev–Trinajstić information content (AvgIpc) is 2.59. The van der Waals surface area contributed by atoms with E-state index >= 15 is 0 Å². The van der Waals surface area contributed by atoms with E-state index < -0.39 is 27.5 Å². The lowest BCUT2D eigenvalue weighted by Crippen LogP contribution is -2.32. The average molecular weight is 382 g/mol. The summed E-state index contributed by atoms with van der Waals surface area (Å²) in [7, 11) is -1.81. The fourth-order valence-corrected chi connectivity index (χ4v) is 3.15. The number of benzene rings is 2. The molecule has 2 N–H and O–H groups in total. The van der Waals surface area contributed by atoms with Gasteiger partial charge in [0.1, 0.15) is 11.6 Å². The summed E-state index contributed by atoms with van der Waals surface area (Å²) in [6.07, 6.45) is 1.19. The molecule has 0 fully saturated rings. The fourth-order valence-electron chi connectivity index (χ4n) is 2.47. The molecule has 0 bridgehead atoms. The lowest BCUT2D eigenvalue weighted by molar-refractivity contribution is -0.121. The third-order valence-electron chi connectivity index (χ3n) is 3.80. The van der Waals surface area contributed by atoms with Crippen LogP contribution in [-0.4, -0.2) is 34.2 Å². The second-order valence-corrected chi connectivity index (χ2v) is 7.88. The standard InChI is InChI=1S/C18H20F2N2O3S/c1-21-9-8-17(23)22-18(15-11-13(19)6-7-16(15)20)12-4-3-5-14(10-12)26(2,24)25/h3-7,10-11,18,21H,8-9H2,1-2H3,(H,22,23). The van der Waals surface area contributed by atoms with Crippen molar-refractivity contribution in [3.05, 3.63) is 65.2 Å². The minimum Gasteiger partial charge on any atom is -0.345 e. The Kier molecular flexibility index (Phi) is 6.44. The molecule has 0 radical (unpaired) electrons. The fraction of sp³-hybridized carbons (Fsp3) is 0.278. The van der Waals surface area contributed by atoms with Crippen LogP contribution in [0.15, 0.2) is 47.4 Å². The van der Waals surface area contributed by atoms with Gasteiger partial charge in [0.2, 0.25) is 5.91 Å². The van der Waals surface area contributed by atoms with Gasteiger partial charge in [0.05, 0.1) is 10.9 Å². The Morgan fingerprint density at radius 3 is 2.54 bits per heavy atom. The molecule has 0 aliphatic rings. The molecule has 8 heteroatoms. The van der Waals surface area contributed by atoms with Crippen LogP contribution in [0.4, 0.5) is 8.78 Å². The van der Waals surface area contributed by atoms with Gasteiger partial charge in [-0.2, -0.15) is 0 Å². The van der Waals surface area contributed by atoms with Gasteiger partial charge in [-0.05, 0) is 42.9 Å². The lowest BCUT2D eigenvalue weighted by Gasteiger charge is -2.21. The first-order valence-corrected chi connectivity index (χ1v) is 9.80. The van der Waals surface area contributed by atoms with E-state index in [-0.39, 0.29) is 22.8 Å². The molecule has 0 saturated heterocycles. The predicted octanol–water partition coefficient (Wildman–Crippen LogP) is 2.18. The van der Waals surface area contributed by atoms with Gasteiger partial charge in [0.15, 0.2) is 9.84 Å². The highest BCUT2D eigenvalue weighted by Gasteiger charge is 2.22. The SMILES string of the molecule is CNCCC(=O)NC(c1cccc(S(C)(=O)=O)c1)c1cc(F)ccc1F. The second-order valence-electron chi connectivity index (χ2n) is 5.86. The quantitative estimate of drug-likeness (QED) is 0.770. The zero-order chi connectivity index (χ0) is 19.3. The van der Waals surface area contributed by atoms with Crippen LogP contribution in [0.25, 0.3) is 0 Å². The van der Waals surface area contributed by atoms with Crippen molar-refractivity contribution in [3.8, 4) is 0 Å². The molecule has 5 nitrogen and oxygen atoms in total. The van der Waals surface area contributed by atoms with Crippen LogP contribution in [0.3, 0.4) is 0 Å². The summed E-state index contributed by atoms with van der Waals surface area (Å²) in [6.45, 7) is 0.410. The molecular weight excluding hydrogens is 362 g/mol. The summed E-state index contributed by atoms with van der Waals surface area (Å²) in [5.41, 5.74) is 0.267. The number of hydrogen-bond donors (Lipinski definition) is 2. The second kappa shape index (κ2) is 8.37. The monoisotopic (exact) mass is 382 g/mol. The summed E-state index contributed by atoms with van der Waals surface area (Å²) < 4.78 is 51.5. The predicted molar refractivity (Wildman–Crippen MR) is 94.4 cm³/mol. The molecule has 2 rings (SSSR count). The van der Waals surface area contributed by atoms with E-state index in [1.807, 2.05) is 0 Å². The number of nitrogens with one attached hydrogen (secondary N) is 2. The maximum absolute atomic E-state index is 14.3. The van der Waals surface area contributed by atoms with Crippen LogP contribution in [-0.2, 0) is 14.6 Å². The molecule has 140 valence electrons. The first-order chi connectivity index (χ1) is 12.2. The normalized spacial score (nSPS) is 12.6. The van der Waals surface area contributed by atoms with Gasteiger partial charge in [-0.25, -0.2) is 17.2 Å². The van der Waals surface area contributed by atoms with Crippen LogP contribution in [0.2, 0.25) is 0 Å². The van der Waals surface area contributed by atoms with Crippen LogP contribution >= 0.6 is 0 Å². The minimum absolute atomic E-state index is 0.0290. The van der Waals surface area contributed by atoms with Crippen LogP contribution in [0, 0.1) is 11.6 Å².